The SMILES string of the molecule is Cc1nn(-c2cccc(O)c2)[n+](-c2nc3ccccc3s2)n1. The molecule has 4 aromatic rings. The van der Waals surface area contributed by atoms with Crippen molar-refractivity contribution in [1.82, 2.24) is 20.0 Å². The number of nitrogens with zero attached hydrogens (tertiary/aromatic N) is 5. The molecule has 0 saturated heterocycles. The molecule has 22 heavy (non-hydrogen) atoms. The molecule has 0 fully saturated rings. The number of phenolic OH excluding ortho intramolecular Hbond substituents is 1. The second-order valence-corrected chi connectivity index (χ2v) is 5.82. The van der Waals surface area contributed by atoms with Crippen LogP contribution in [-0.4, -0.2) is 25.1 Å². The van der Waals surface area contributed by atoms with Crippen molar-refractivity contribution in [1.29, 1.82) is 0 Å². The van der Waals surface area contributed by atoms with Gasteiger partial charge in [0.05, 0.1) is 4.70 Å². The third kappa shape index (κ3) is 2.11. The third-order valence-electron chi connectivity index (χ3n) is 3.17. The lowest BCUT2D eigenvalue weighted by atomic mass is 10.3. The molecule has 0 aliphatic heterocycles. The second-order valence-electron chi connectivity index (χ2n) is 4.81. The van der Waals surface area contributed by atoms with Gasteiger partial charge < -0.3 is 5.11 Å². The molecule has 0 aliphatic rings. The van der Waals surface area contributed by atoms with Gasteiger partial charge in [-0.3, -0.25) is 0 Å². The minimum absolute atomic E-state index is 0.182. The molecule has 0 atom stereocenters. The van der Waals surface area contributed by atoms with Crippen molar-refractivity contribution < 1.29 is 9.90 Å². The van der Waals surface area contributed by atoms with Crippen molar-refractivity contribution in [3.8, 4) is 16.6 Å². The zero-order chi connectivity index (χ0) is 15.1. The summed E-state index contributed by atoms with van der Waals surface area (Å²) < 4.78 is 1.09. The third-order valence-corrected chi connectivity index (χ3v) is 4.17. The number of aromatic hydroxyl groups is 1. The standard InChI is InChI=1S/C15H11N5OS/c1-10-17-19(11-5-4-6-12(21)9-11)20(18-10)15-16-13-7-2-3-8-14(13)22-15/h2-9H,1H3/p+1. The number of benzene rings is 2. The Kier molecular flexibility index (Phi) is 2.87. The Morgan fingerprint density at radius 3 is 2.82 bits per heavy atom. The number of hydrogen-bond acceptors (Lipinski definition) is 5. The second kappa shape index (κ2) is 4.88. The average molecular weight is 310 g/mol. The highest BCUT2D eigenvalue weighted by Crippen LogP contribution is 2.21. The fraction of sp³-hybridized carbons (Fsp3) is 0.0667. The van der Waals surface area contributed by atoms with Crippen LogP contribution < -0.4 is 4.80 Å². The normalized spacial score (nSPS) is 11.1. The molecule has 2 aromatic carbocycles. The molecule has 2 heterocycles. The van der Waals surface area contributed by atoms with Gasteiger partial charge in [0.2, 0.25) is 0 Å². The van der Waals surface area contributed by atoms with Gasteiger partial charge in [0.25, 0.3) is 5.82 Å². The van der Waals surface area contributed by atoms with Crippen LogP contribution in [0.2, 0.25) is 0 Å². The van der Waals surface area contributed by atoms with Crippen molar-refractivity contribution in [3.63, 3.8) is 0 Å². The molecule has 1 N–H and O–H groups in total. The predicted octanol–water partition coefficient (Wildman–Crippen LogP) is 2.17. The van der Waals surface area contributed by atoms with E-state index in [0.717, 1.165) is 21.0 Å². The van der Waals surface area contributed by atoms with Gasteiger partial charge >= 0.3 is 5.13 Å². The molecule has 0 spiro atoms. The number of phenols is 1. The van der Waals surface area contributed by atoms with Crippen molar-refractivity contribution >= 4 is 21.6 Å². The molecule has 0 amide bonds. The summed E-state index contributed by atoms with van der Waals surface area (Å²) in [7, 11) is 0. The van der Waals surface area contributed by atoms with Crippen LogP contribution in [-0.2, 0) is 0 Å². The molecule has 0 saturated carbocycles. The summed E-state index contributed by atoms with van der Waals surface area (Å²) >= 11 is 1.54. The van der Waals surface area contributed by atoms with E-state index in [1.54, 1.807) is 39.1 Å². The highest BCUT2D eigenvalue weighted by Gasteiger charge is 2.22. The van der Waals surface area contributed by atoms with Crippen molar-refractivity contribution in [3.05, 3.63) is 54.4 Å². The van der Waals surface area contributed by atoms with Gasteiger partial charge in [-0.05, 0) is 39.0 Å². The zero-order valence-electron chi connectivity index (χ0n) is 11.7. The van der Waals surface area contributed by atoms with E-state index in [0.29, 0.717) is 5.82 Å². The van der Waals surface area contributed by atoms with Crippen LogP contribution in [0.1, 0.15) is 5.82 Å². The average Bonchev–Trinajstić information content (AvgIpc) is 3.10. The monoisotopic (exact) mass is 310 g/mol. The van der Waals surface area contributed by atoms with Gasteiger partial charge in [-0.2, -0.15) is 0 Å². The van der Waals surface area contributed by atoms with Gasteiger partial charge in [-0.25, -0.2) is 0 Å². The molecule has 0 unspecified atom stereocenters. The molecule has 0 aliphatic carbocycles. The lowest BCUT2D eigenvalue weighted by Crippen LogP contribution is -2.43. The number of aryl methyl sites for hydroxylation is 1. The highest BCUT2D eigenvalue weighted by atomic mass is 32.1. The van der Waals surface area contributed by atoms with Crippen molar-refractivity contribution in [2.45, 2.75) is 6.92 Å². The fourth-order valence-corrected chi connectivity index (χ4v) is 3.14. The van der Waals surface area contributed by atoms with Gasteiger partial charge in [-0.15, -0.1) is 0 Å². The van der Waals surface area contributed by atoms with Gasteiger partial charge in [-0.1, -0.05) is 34.5 Å². The van der Waals surface area contributed by atoms with Crippen LogP contribution in [0.25, 0.3) is 21.0 Å². The summed E-state index contributed by atoms with van der Waals surface area (Å²) in [5, 5.41) is 19.2. The molecule has 0 bridgehead atoms. The molecule has 108 valence electrons. The van der Waals surface area contributed by atoms with Crippen LogP contribution in [0, 0.1) is 6.92 Å². The van der Waals surface area contributed by atoms with E-state index in [2.05, 4.69) is 15.2 Å². The van der Waals surface area contributed by atoms with E-state index in [9.17, 15) is 5.11 Å². The Hall–Kier alpha value is -2.80. The predicted molar refractivity (Wildman–Crippen MR) is 82.5 cm³/mol. The molecule has 7 heteroatoms. The number of hydrogen-bond donors (Lipinski definition) is 1. The van der Waals surface area contributed by atoms with Gasteiger partial charge in [0, 0.05) is 18.1 Å². The molecular formula is C15H12N5OS+. The maximum atomic E-state index is 9.67. The van der Waals surface area contributed by atoms with Crippen LogP contribution in [0.5, 0.6) is 5.75 Å². The fourth-order valence-electron chi connectivity index (χ4n) is 2.23. The molecule has 6 nitrogen and oxygen atoms in total. The van der Waals surface area contributed by atoms with Crippen LogP contribution in [0.4, 0.5) is 0 Å². The smallest absolute Gasteiger partial charge is 0.365 e. The Bertz CT molecular complexity index is 942. The summed E-state index contributed by atoms with van der Waals surface area (Å²) in [5.74, 6) is 0.809. The maximum Gasteiger partial charge on any atom is 0.365 e. The first-order valence-electron chi connectivity index (χ1n) is 6.72. The summed E-state index contributed by atoms with van der Waals surface area (Å²) in [6.07, 6.45) is 0. The molecule has 0 radical (unpaired) electrons. The van der Waals surface area contributed by atoms with Crippen LogP contribution in [0.3, 0.4) is 0 Å². The topological polar surface area (TPSA) is 67.7 Å². The van der Waals surface area contributed by atoms with Crippen molar-refractivity contribution in [2.75, 3.05) is 0 Å². The van der Waals surface area contributed by atoms with E-state index in [4.69, 9.17) is 0 Å². The minimum atomic E-state index is 0.182. The number of fused-ring (bicyclic) bond motifs is 1. The zero-order valence-corrected chi connectivity index (χ0v) is 12.5. The quantitative estimate of drug-likeness (QED) is 0.576. The van der Waals surface area contributed by atoms with Crippen molar-refractivity contribution in [2.24, 2.45) is 0 Å². The first-order valence-corrected chi connectivity index (χ1v) is 7.54. The molecule has 4 rings (SSSR count). The van der Waals surface area contributed by atoms with E-state index in [1.807, 2.05) is 37.3 Å². The number of thiazole rings is 1. The lowest BCUT2D eigenvalue weighted by molar-refractivity contribution is -0.734. The minimum Gasteiger partial charge on any atom is -0.508 e. The van der Waals surface area contributed by atoms with Gasteiger partial charge in [0.1, 0.15) is 11.4 Å². The number of aromatic nitrogens is 5. The highest BCUT2D eigenvalue weighted by molar-refractivity contribution is 7.20. The van der Waals surface area contributed by atoms with Gasteiger partial charge in [0.15, 0.2) is 5.52 Å². The number of para-hydroxylation sites is 1. The Morgan fingerprint density at radius 1 is 1.14 bits per heavy atom. The first-order chi connectivity index (χ1) is 10.7. The lowest BCUT2D eigenvalue weighted by Gasteiger charge is -1.99. The summed E-state index contributed by atoms with van der Waals surface area (Å²) in [4.78, 5) is 7.88. The van der Waals surface area contributed by atoms with Crippen LogP contribution in [0.15, 0.2) is 48.5 Å². The number of rotatable bonds is 2. The first kappa shape index (κ1) is 12.9. The molecule has 2 aromatic heterocycles. The molecular weight excluding hydrogens is 298 g/mol. The van der Waals surface area contributed by atoms with E-state index < -0.39 is 0 Å². The maximum absolute atomic E-state index is 9.67. The van der Waals surface area contributed by atoms with E-state index >= 15 is 0 Å². The van der Waals surface area contributed by atoms with E-state index in [1.165, 1.54) is 0 Å². The van der Waals surface area contributed by atoms with Crippen LogP contribution >= 0.6 is 11.3 Å². The number of tetrazole rings is 1. The Morgan fingerprint density at radius 2 is 2.00 bits per heavy atom. The summed E-state index contributed by atoms with van der Waals surface area (Å²) in [6, 6.07) is 14.8. The Labute approximate surface area is 129 Å². The summed E-state index contributed by atoms with van der Waals surface area (Å²) in [6.45, 7) is 1.82. The Balaban J connectivity index is 1.92. The van der Waals surface area contributed by atoms with E-state index in [-0.39, 0.29) is 5.75 Å². The summed E-state index contributed by atoms with van der Waals surface area (Å²) in [5.41, 5.74) is 1.65. The largest absolute Gasteiger partial charge is 0.508 e.